The molecule has 1 atom stereocenters. The number of methoxy groups -OCH3 is 1. The van der Waals surface area contributed by atoms with Crippen LogP contribution >= 0.6 is 11.3 Å². The van der Waals surface area contributed by atoms with Crippen LogP contribution in [-0.2, 0) is 16.6 Å². The summed E-state index contributed by atoms with van der Waals surface area (Å²) in [6.07, 6.45) is 2.66. The van der Waals surface area contributed by atoms with Crippen molar-refractivity contribution in [1.82, 2.24) is 14.6 Å². The first-order chi connectivity index (χ1) is 16.3. The molecular weight excluding hydrogens is 470 g/mol. The summed E-state index contributed by atoms with van der Waals surface area (Å²) >= 11 is 1.61. The Hall–Kier alpha value is -2.75. The molecule has 1 fully saturated rings. The Kier molecular flexibility index (Phi) is 7.35. The lowest BCUT2D eigenvalue weighted by atomic mass is 10.1. The lowest BCUT2D eigenvalue weighted by Crippen LogP contribution is -2.42. The van der Waals surface area contributed by atoms with Crippen LogP contribution in [0.2, 0.25) is 0 Å². The van der Waals surface area contributed by atoms with Crippen molar-refractivity contribution in [2.45, 2.75) is 50.6 Å². The van der Waals surface area contributed by atoms with Gasteiger partial charge in [-0.3, -0.25) is 4.79 Å². The van der Waals surface area contributed by atoms with E-state index in [-0.39, 0.29) is 28.2 Å². The number of aryl methyl sites for hydroxylation is 1. The highest BCUT2D eigenvalue weighted by molar-refractivity contribution is 7.89. The van der Waals surface area contributed by atoms with Crippen molar-refractivity contribution >= 4 is 27.3 Å². The number of benzene rings is 2. The van der Waals surface area contributed by atoms with Crippen LogP contribution in [0.5, 0.6) is 5.75 Å². The third-order valence-corrected chi connectivity index (χ3v) is 8.88. The van der Waals surface area contributed by atoms with Gasteiger partial charge >= 0.3 is 0 Å². The number of piperidine rings is 1. The predicted octanol–water partition coefficient (Wildman–Crippen LogP) is 4.62. The van der Waals surface area contributed by atoms with Crippen LogP contribution in [0.15, 0.2) is 52.7 Å². The molecule has 1 amide bonds. The van der Waals surface area contributed by atoms with Gasteiger partial charge in [-0.2, -0.15) is 4.31 Å². The molecule has 0 bridgehead atoms. The smallest absolute Gasteiger partial charge is 0.251 e. The summed E-state index contributed by atoms with van der Waals surface area (Å²) in [6.45, 7) is 4.69. The molecule has 1 aliphatic heterocycles. The zero-order valence-corrected chi connectivity index (χ0v) is 21.2. The number of carbonyl (C=O) groups excluding carboxylic acids is 1. The predicted molar refractivity (Wildman–Crippen MR) is 134 cm³/mol. The van der Waals surface area contributed by atoms with Crippen molar-refractivity contribution in [3.63, 3.8) is 0 Å². The maximum absolute atomic E-state index is 13.4. The molecule has 1 N–H and O–H groups in total. The molecule has 0 spiro atoms. The van der Waals surface area contributed by atoms with Crippen LogP contribution in [-0.4, -0.2) is 43.3 Å². The summed E-state index contributed by atoms with van der Waals surface area (Å²) in [5.41, 5.74) is 3.18. The van der Waals surface area contributed by atoms with Gasteiger partial charge in [-0.1, -0.05) is 30.7 Å². The highest BCUT2D eigenvalue weighted by Gasteiger charge is 2.33. The van der Waals surface area contributed by atoms with Crippen molar-refractivity contribution in [3.8, 4) is 17.0 Å². The molecular formula is C25H29N3O4S2. The zero-order chi connectivity index (χ0) is 24.3. The van der Waals surface area contributed by atoms with Gasteiger partial charge in [0, 0.05) is 35.6 Å². The Morgan fingerprint density at radius 2 is 1.97 bits per heavy atom. The first-order valence-corrected chi connectivity index (χ1v) is 13.6. The van der Waals surface area contributed by atoms with Gasteiger partial charge in [-0.25, -0.2) is 13.4 Å². The number of sulfonamides is 1. The number of amides is 1. The third kappa shape index (κ3) is 5.16. The highest BCUT2D eigenvalue weighted by Crippen LogP contribution is 2.31. The van der Waals surface area contributed by atoms with E-state index >= 15 is 0 Å². The Morgan fingerprint density at radius 3 is 2.62 bits per heavy atom. The maximum atomic E-state index is 13.4. The van der Waals surface area contributed by atoms with E-state index in [0.29, 0.717) is 13.1 Å². The first kappa shape index (κ1) is 24.4. The van der Waals surface area contributed by atoms with Crippen LogP contribution in [0, 0.1) is 6.92 Å². The second-order valence-corrected chi connectivity index (χ2v) is 11.4. The zero-order valence-electron chi connectivity index (χ0n) is 19.6. The Bertz CT molecular complexity index is 1270. The monoisotopic (exact) mass is 499 g/mol. The molecule has 3 aromatic rings. The number of ether oxygens (including phenoxy) is 1. The molecule has 2 heterocycles. The SMILES string of the molecule is COc1ccc(C(=O)NCc2ccc(-c3csc(C)n3)cc2)cc1S(=O)(=O)N1CCCCC1C. The lowest BCUT2D eigenvalue weighted by molar-refractivity contribution is 0.0950. The van der Waals surface area contributed by atoms with Gasteiger partial charge in [0.2, 0.25) is 10.0 Å². The third-order valence-electron chi connectivity index (χ3n) is 6.08. The molecule has 1 saturated heterocycles. The maximum Gasteiger partial charge on any atom is 0.251 e. The van der Waals surface area contributed by atoms with Crippen LogP contribution in [0.25, 0.3) is 11.3 Å². The molecule has 180 valence electrons. The number of carbonyl (C=O) groups is 1. The minimum atomic E-state index is -3.78. The molecule has 1 aromatic heterocycles. The summed E-state index contributed by atoms with van der Waals surface area (Å²) in [5.74, 6) is -0.104. The minimum absolute atomic E-state index is 0.0271. The topological polar surface area (TPSA) is 88.6 Å². The van der Waals surface area contributed by atoms with Crippen LogP contribution in [0.1, 0.15) is 47.1 Å². The quantitative estimate of drug-likeness (QED) is 0.512. The van der Waals surface area contributed by atoms with Gasteiger partial charge in [0.15, 0.2) is 0 Å². The number of thiazole rings is 1. The molecule has 9 heteroatoms. The molecule has 0 saturated carbocycles. The largest absolute Gasteiger partial charge is 0.495 e. The molecule has 34 heavy (non-hydrogen) atoms. The Labute approximate surface area is 204 Å². The molecule has 0 radical (unpaired) electrons. The first-order valence-electron chi connectivity index (χ1n) is 11.3. The van der Waals surface area contributed by atoms with Gasteiger partial charge in [-0.05, 0) is 50.5 Å². The van der Waals surface area contributed by atoms with E-state index in [9.17, 15) is 13.2 Å². The number of hydrogen-bond donors (Lipinski definition) is 1. The lowest BCUT2D eigenvalue weighted by Gasteiger charge is -2.32. The summed E-state index contributed by atoms with van der Waals surface area (Å²) in [4.78, 5) is 17.4. The molecule has 0 aliphatic carbocycles. The van der Waals surface area contributed by atoms with Crippen molar-refractivity contribution < 1.29 is 17.9 Å². The van der Waals surface area contributed by atoms with Gasteiger partial charge in [0.05, 0.1) is 17.8 Å². The second kappa shape index (κ2) is 10.2. The number of rotatable bonds is 7. The normalized spacial score (nSPS) is 16.9. The van der Waals surface area contributed by atoms with E-state index in [2.05, 4.69) is 10.3 Å². The molecule has 4 rings (SSSR count). The molecule has 7 nitrogen and oxygen atoms in total. The summed E-state index contributed by atoms with van der Waals surface area (Å²) in [7, 11) is -2.35. The molecule has 1 aliphatic rings. The second-order valence-electron chi connectivity index (χ2n) is 8.46. The standard InChI is InChI=1S/C25H29N3O4S2/c1-17-6-4-5-13-28(17)34(30,31)24-14-21(11-12-23(24)32-3)25(29)26-15-19-7-9-20(10-8-19)22-16-33-18(2)27-22/h7-12,14,16-17H,4-6,13,15H2,1-3H3,(H,26,29). The number of nitrogens with zero attached hydrogens (tertiary/aromatic N) is 2. The molecule has 2 aromatic carbocycles. The van der Waals surface area contributed by atoms with Gasteiger partial charge in [0.1, 0.15) is 10.6 Å². The van der Waals surface area contributed by atoms with E-state index in [1.165, 1.54) is 17.5 Å². The van der Waals surface area contributed by atoms with Crippen LogP contribution in [0.4, 0.5) is 0 Å². The Balaban J connectivity index is 1.49. The van der Waals surface area contributed by atoms with Crippen LogP contribution < -0.4 is 10.1 Å². The molecule has 1 unspecified atom stereocenters. The summed E-state index contributed by atoms with van der Waals surface area (Å²) in [5, 5.41) is 5.92. The summed E-state index contributed by atoms with van der Waals surface area (Å²) in [6, 6.07) is 12.3. The van der Waals surface area contributed by atoms with Gasteiger partial charge in [0.25, 0.3) is 5.91 Å². The van der Waals surface area contributed by atoms with E-state index in [1.807, 2.05) is 43.5 Å². The van der Waals surface area contributed by atoms with Gasteiger partial charge in [-0.15, -0.1) is 11.3 Å². The van der Waals surface area contributed by atoms with E-state index in [1.54, 1.807) is 23.5 Å². The fourth-order valence-corrected chi connectivity index (χ4v) is 6.65. The fourth-order valence-electron chi connectivity index (χ4n) is 4.15. The highest BCUT2D eigenvalue weighted by atomic mass is 32.2. The van der Waals surface area contributed by atoms with Crippen molar-refractivity contribution in [2.75, 3.05) is 13.7 Å². The average Bonchev–Trinajstić information content (AvgIpc) is 3.28. The number of nitrogens with one attached hydrogen (secondary N) is 1. The van der Waals surface area contributed by atoms with E-state index < -0.39 is 10.0 Å². The fraction of sp³-hybridized carbons (Fsp3) is 0.360. The van der Waals surface area contributed by atoms with Crippen molar-refractivity contribution in [2.24, 2.45) is 0 Å². The van der Waals surface area contributed by atoms with Crippen molar-refractivity contribution in [1.29, 1.82) is 0 Å². The van der Waals surface area contributed by atoms with Gasteiger partial charge < -0.3 is 10.1 Å². The van der Waals surface area contributed by atoms with E-state index in [0.717, 1.165) is 41.1 Å². The van der Waals surface area contributed by atoms with Crippen molar-refractivity contribution in [3.05, 3.63) is 64.0 Å². The average molecular weight is 500 g/mol. The van der Waals surface area contributed by atoms with Crippen LogP contribution in [0.3, 0.4) is 0 Å². The van der Waals surface area contributed by atoms with E-state index in [4.69, 9.17) is 4.74 Å². The Morgan fingerprint density at radius 1 is 1.21 bits per heavy atom. The summed E-state index contributed by atoms with van der Waals surface area (Å²) < 4.78 is 33.6. The number of aromatic nitrogens is 1. The minimum Gasteiger partial charge on any atom is -0.495 e. The number of hydrogen-bond acceptors (Lipinski definition) is 6.